The van der Waals surface area contributed by atoms with E-state index in [0.717, 1.165) is 23.8 Å². The van der Waals surface area contributed by atoms with E-state index < -0.39 is 0 Å². The van der Waals surface area contributed by atoms with E-state index in [4.69, 9.17) is 4.74 Å². The number of ether oxygens (including phenoxy) is 1. The van der Waals surface area contributed by atoms with Gasteiger partial charge in [-0.05, 0) is 19.8 Å². The molecule has 8 heteroatoms. The minimum Gasteiger partial charge on any atom is -0.376 e. The number of nitrogens with zero attached hydrogens (tertiary/aromatic N) is 5. The molecule has 0 aromatic carbocycles. The van der Waals surface area contributed by atoms with Crippen molar-refractivity contribution in [2.45, 2.75) is 38.7 Å². The molecule has 2 aromatic heterocycles. The SMILES string of the molecule is CCc1ncncc1C(=O)N(C)C[C@H]1OCC[C@H]1c1n[nH]c(C)n1. The van der Waals surface area contributed by atoms with Gasteiger partial charge in [0.05, 0.1) is 23.3 Å². The van der Waals surface area contributed by atoms with Crippen molar-refractivity contribution in [2.24, 2.45) is 0 Å². The fourth-order valence-corrected chi connectivity index (χ4v) is 3.02. The minimum absolute atomic E-state index is 0.0899. The molecule has 1 aliphatic heterocycles. The van der Waals surface area contributed by atoms with Gasteiger partial charge in [0, 0.05) is 26.4 Å². The topological polar surface area (TPSA) is 96.9 Å². The second kappa shape index (κ2) is 7.04. The van der Waals surface area contributed by atoms with Crippen LogP contribution in [-0.2, 0) is 11.2 Å². The maximum atomic E-state index is 12.7. The highest BCUT2D eigenvalue weighted by molar-refractivity contribution is 5.94. The molecule has 1 fully saturated rings. The Labute approximate surface area is 140 Å². The molecular weight excluding hydrogens is 308 g/mol. The normalized spacial score (nSPS) is 20.3. The third-order valence-corrected chi connectivity index (χ3v) is 4.32. The van der Waals surface area contributed by atoms with Crippen molar-refractivity contribution in [2.75, 3.05) is 20.2 Å². The maximum absolute atomic E-state index is 12.7. The van der Waals surface area contributed by atoms with Crippen LogP contribution < -0.4 is 0 Å². The van der Waals surface area contributed by atoms with Gasteiger partial charge in [-0.25, -0.2) is 15.0 Å². The molecule has 128 valence electrons. The zero-order valence-electron chi connectivity index (χ0n) is 14.2. The van der Waals surface area contributed by atoms with Crippen molar-refractivity contribution in [3.63, 3.8) is 0 Å². The molecule has 0 radical (unpaired) electrons. The summed E-state index contributed by atoms with van der Waals surface area (Å²) in [7, 11) is 1.77. The minimum atomic E-state index is -0.108. The summed E-state index contributed by atoms with van der Waals surface area (Å²) in [6.07, 6.45) is 4.49. The molecule has 0 unspecified atom stereocenters. The van der Waals surface area contributed by atoms with Gasteiger partial charge in [-0.15, -0.1) is 0 Å². The van der Waals surface area contributed by atoms with Crippen LogP contribution in [0.15, 0.2) is 12.5 Å². The Morgan fingerprint density at radius 2 is 2.33 bits per heavy atom. The predicted octanol–water partition coefficient (Wildman–Crippen LogP) is 1.11. The Hall–Kier alpha value is -2.35. The molecule has 8 nitrogen and oxygen atoms in total. The molecule has 0 saturated carbocycles. The Bertz CT molecular complexity index is 716. The van der Waals surface area contributed by atoms with Crippen LogP contribution in [-0.4, -0.2) is 62.3 Å². The summed E-state index contributed by atoms with van der Waals surface area (Å²) in [6, 6.07) is 0. The lowest BCUT2D eigenvalue weighted by Gasteiger charge is -2.24. The van der Waals surface area contributed by atoms with Crippen LogP contribution in [0.25, 0.3) is 0 Å². The van der Waals surface area contributed by atoms with Gasteiger partial charge in [0.15, 0.2) is 5.82 Å². The van der Waals surface area contributed by atoms with Crippen molar-refractivity contribution < 1.29 is 9.53 Å². The highest BCUT2D eigenvalue weighted by atomic mass is 16.5. The first-order valence-corrected chi connectivity index (χ1v) is 8.15. The molecule has 3 rings (SSSR count). The fourth-order valence-electron chi connectivity index (χ4n) is 3.02. The largest absolute Gasteiger partial charge is 0.376 e. The first-order chi connectivity index (χ1) is 11.6. The lowest BCUT2D eigenvalue weighted by molar-refractivity contribution is 0.0548. The molecule has 2 atom stereocenters. The van der Waals surface area contributed by atoms with Gasteiger partial charge in [-0.2, -0.15) is 5.10 Å². The number of aryl methyl sites for hydroxylation is 2. The van der Waals surface area contributed by atoms with Crippen molar-refractivity contribution in [3.8, 4) is 0 Å². The fraction of sp³-hybridized carbons (Fsp3) is 0.562. The number of amides is 1. The molecular formula is C16H22N6O2. The van der Waals surface area contributed by atoms with Gasteiger partial charge in [0.1, 0.15) is 12.2 Å². The summed E-state index contributed by atoms with van der Waals surface area (Å²) in [5, 5.41) is 7.12. The monoisotopic (exact) mass is 330 g/mol. The Balaban J connectivity index is 1.71. The first-order valence-electron chi connectivity index (χ1n) is 8.15. The molecule has 1 amide bonds. The van der Waals surface area contributed by atoms with Gasteiger partial charge in [0.2, 0.25) is 0 Å². The predicted molar refractivity (Wildman–Crippen MR) is 86.6 cm³/mol. The Morgan fingerprint density at radius 1 is 1.50 bits per heavy atom. The zero-order chi connectivity index (χ0) is 17.1. The molecule has 1 N–H and O–H groups in total. The number of nitrogens with one attached hydrogen (secondary N) is 1. The highest BCUT2D eigenvalue weighted by Crippen LogP contribution is 2.29. The number of rotatable bonds is 5. The number of carbonyl (C=O) groups is 1. The van der Waals surface area contributed by atoms with E-state index >= 15 is 0 Å². The lowest BCUT2D eigenvalue weighted by Crippen LogP contribution is -2.37. The molecule has 3 heterocycles. The van der Waals surface area contributed by atoms with Crippen molar-refractivity contribution in [3.05, 3.63) is 35.4 Å². The van der Waals surface area contributed by atoms with Crippen LogP contribution in [0, 0.1) is 6.92 Å². The molecule has 0 bridgehead atoms. The molecule has 1 saturated heterocycles. The van der Waals surface area contributed by atoms with Crippen LogP contribution in [0.2, 0.25) is 0 Å². The van der Waals surface area contributed by atoms with Gasteiger partial charge >= 0.3 is 0 Å². The van der Waals surface area contributed by atoms with E-state index in [0.29, 0.717) is 25.1 Å². The number of aromatic amines is 1. The van der Waals surface area contributed by atoms with Crippen LogP contribution in [0.1, 0.15) is 47.0 Å². The molecule has 2 aromatic rings. The average Bonchev–Trinajstić information content (AvgIpc) is 3.22. The molecule has 0 aliphatic carbocycles. The van der Waals surface area contributed by atoms with Crippen molar-refractivity contribution in [1.82, 2.24) is 30.0 Å². The molecule has 1 aliphatic rings. The van der Waals surface area contributed by atoms with Gasteiger partial charge < -0.3 is 9.64 Å². The number of hydrogen-bond acceptors (Lipinski definition) is 6. The van der Waals surface area contributed by atoms with Gasteiger partial charge in [0.25, 0.3) is 5.91 Å². The number of aromatic nitrogens is 5. The third kappa shape index (κ3) is 3.28. The summed E-state index contributed by atoms with van der Waals surface area (Å²) < 4.78 is 5.82. The molecule has 0 spiro atoms. The Kier molecular flexibility index (Phi) is 4.84. The van der Waals surface area contributed by atoms with E-state index in [1.165, 1.54) is 6.33 Å². The van der Waals surface area contributed by atoms with Crippen LogP contribution in [0.5, 0.6) is 0 Å². The Morgan fingerprint density at radius 3 is 3.04 bits per heavy atom. The van der Waals surface area contributed by atoms with Crippen LogP contribution >= 0.6 is 0 Å². The van der Waals surface area contributed by atoms with Crippen molar-refractivity contribution in [1.29, 1.82) is 0 Å². The first kappa shape index (κ1) is 16.5. The van der Waals surface area contributed by atoms with Crippen LogP contribution in [0.4, 0.5) is 0 Å². The second-order valence-corrected chi connectivity index (χ2v) is 6.01. The maximum Gasteiger partial charge on any atom is 0.257 e. The molecule has 24 heavy (non-hydrogen) atoms. The summed E-state index contributed by atoms with van der Waals surface area (Å²) in [6.45, 7) is 4.98. The summed E-state index contributed by atoms with van der Waals surface area (Å²) in [5.74, 6) is 1.55. The average molecular weight is 330 g/mol. The van der Waals surface area contributed by atoms with E-state index in [1.807, 2.05) is 13.8 Å². The van der Waals surface area contributed by atoms with E-state index in [-0.39, 0.29) is 17.9 Å². The number of likely N-dealkylation sites (N-methyl/N-ethyl adjacent to an activating group) is 1. The van der Waals surface area contributed by atoms with Crippen LogP contribution in [0.3, 0.4) is 0 Å². The smallest absolute Gasteiger partial charge is 0.257 e. The van der Waals surface area contributed by atoms with E-state index in [2.05, 4.69) is 25.1 Å². The third-order valence-electron chi connectivity index (χ3n) is 4.32. The second-order valence-electron chi connectivity index (χ2n) is 6.01. The van der Waals surface area contributed by atoms with E-state index in [1.54, 1.807) is 18.1 Å². The number of hydrogen-bond donors (Lipinski definition) is 1. The van der Waals surface area contributed by atoms with E-state index in [9.17, 15) is 4.79 Å². The lowest BCUT2D eigenvalue weighted by atomic mass is 10.00. The zero-order valence-corrected chi connectivity index (χ0v) is 14.2. The number of carbonyl (C=O) groups excluding carboxylic acids is 1. The summed E-state index contributed by atoms with van der Waals surface area (Å²) >= 11 is 0. The number of H-pyrrole nitrogens is 1. The quantitative estimate of drug-likeness (QED) is 0.882. The summed E-state index contributed by atoms with van der Waals surface area (Å²) in [4.78, 5) is 27.0. The van der Waals surface area contributed by atoms with Gasteiger partial charge in [-0.3, -0.25) is 9.89 Å². The van der Waals surface area contributed by atoms with Gasteiger partial charge in [-0.1, -0.05) is 6.92 Å². The summed E-state index contributed by atoms with van der Waals surface area (Å²) in [5.41, 5.74) is 1.31. The van der Waals surface area contributed by atoms with Crippen molar-refractivity contribution >= 4 is 5.91 Å². The standard InChI is InChI=1S/C16H22N6O2/c1-4-13-12(7-17-9-18-13)16(23)22(3)8-14-11(5-6-24-14)15-19-10(2)20-21-15/h7,9,11,14H,4-6,8H2,1-3H3,(H,19,20,21)/t11-,14-/m1/s1. The highest BCUT2D eigenvalue weighted by Gasteiger charge is 2.34.